The summed E-state index contributed by atoms with van der Waals surface area (Å²) in [6.07, 6.45) is 8.13. The molecule has 1 fully saturated rings. The van der Waals surface area contributed by atoms with Crippen LogP contribution in [0.15, 0.2) is 79.4 Å². The first kappa shape index (κ1) is 17.9. The van der Waals surface area contributed by atoms with E-state index in [2.05, 4.69) is 69.6 Å². The van der Waals surface area contributed by atoms with Gasteiger partial charge in [-0.15, -0.1) is 0 Å². The van der Waals surface area contributed by atoms with Gasteiger partial charge in [0.1, 0.15) is 0 Å². The van der Waals surface area contributed by atoms with Gasteiger partial charge in [0.05, 0.1) is 24.3 Å². The monoisotopic (exact) mass is 383 g/mol. The highest BCUT2D eigenvalue weighted by Gasteiger charge is 2.23. The highest BCUT2D eigenvalue weighted by molar-refractivity contribution is 5.80. The maximum Gasteiger partial charge on any atom is 0.0963 e. The number of nitrogens with zero attached hydrogens (tertiary/aromatic N) is 4. The van der Waals surface area contributed by atoms with Crippen molar-refractivity contribution in [2.24, 2.45) is 0 Å². The van der Waals surface area contributed by atoms with Crippen LogP contribution in [0.1, 0.15) is 24.4 Å². The van der Waals surface area contributed by atoms with Gasteiger partial charge in [-0.25, -0.2) is 4.98 Å². The molecular formula is C24H25N5. The highest BCUT2D eigenvalue weighted by Crippen LogP contribution is 2.37. The molecular weight excluding hydrogens is 358 g/mol. The van der Waals surface area contributed by atoms with E-state index in [4.69, 9.17) is 4.98 Å². The number of benzene rings is 2. The summed E-state index contributed by atoms with van der Waals surface area (Å²) in [5.41, 5.74) is 5.91. The molecule has 1 aliphatic rings. The maximum absolute atomic E-state index is 4.90. The first-order valence-corrected chi connectivity index (χ1v) is 10.3. The van der Waals surface area contributed by atoms with E-state index in [0.29, 0.717) is 6.04 Å². The van der Waals surface area contributed by atoms with Gasteiger partial charge >= 0.3 is 0 Å². The minimum Gasteiger partial charge on any atom is -0.327 e. The average molecular weight is 383 g/mol. The van der Waals surface area contributed by atoms with Crippen molar-refractivity contribution in [3.8, 4) is 22.5 Å². The quantitative estimate of drug-likeness (QED) is 0.556. The Balaban J connectivity index is 1.66. The third kappa shape index (κ3) is 3.61. The number of aromatic nitrogens is 4. The van der Waals surface area contributed by atoms with Crippen LogP contribution in [0.25, 0.3) is 22.5 Å². The van der Waals surface area contributed by atoms with Crippen LogP contribution >= 0.6 is 0 Å². The number of piperidine rings is 1. The molecule has 0 bridgehead atoms. The Kier molecular flexibility index (Phi) is 4.97. The van der Waals surface area contributed by atoms with Gasteiger partial charge in [0.25, 0.3) is 0 Å². The summed E-state index contributed by atoms with van der Waals surface area (Å²) < 4.78 is 4.39. The molecule has 5 heteroatoms. The maximum atomic E-state index is 4.90. The second-order valence-corrected chi connectivity index (χ2v) is 7.56. The lowest BCUT2D eigenvalue weighted by Crippen LogP contribution is -2.29. The summed E-state index contributed by atoms with van der Waals surface area (Å²) in [4.78, 5) is 4.90. The number of hydrogen-bond donors (Lipinski definition) is 1. The zero-order valence-electron chi connectivity index (χ0n) is 16.4. The lowest BCUT2D eigenvalue weighted by atomic mass is 9.98. The molecule has 1 saturated heterocycles. The Labute approximate surface area is 171 Å². The van der Waals surface area contributed by atoms with Crippen molar-refractivity contribution in [3.05, 3.63) is 84.9 Å². The summed E-state index contributed by atoms with van der Waals surface area (Å²) in [6.45, 7) is 2.85. The molecule has 2 aromatic carbocycles. The molecule has 146 valence electrons. The van der Waals surface area contributed by atoms with Crippen LogP contribution < -0.4 is 5.32 Å². The molecule has 0 spiro atoms. The Hall–Kier alpha value is -3.18. The van der Waals surface area contributed by atoms with Crippen molar-refractivity contribution >= 4 is 0 Å². The van der Waals surface area contributed by atoms with Gasteiger partial charge in [0.2, 0.25) is 0 Å². The van der Waals surface area contributed by atoms with Crippen LogP contribution in [0, 0.1) is 0 Å². The molecule has 1 N–H and O–H groups in total. The van der Waals surface area contributed by atoms with Gasteiger partial charge in [-0.2, -0.15) is 5.10 Å². The highest BCUT2D eigenvalue weighted by atomic mass is 15.3. The molecule has 1 aliphatic heterocycles. The van der Waals surface area contributed by atoms with E-state index in [1.54, 1.807) is 0 Å². The van der Waals surface area contributed by atoms with Crippen molar-refractivity contribution in [1.29, 1.82) is 0 Å². The standard InChI is InChI=1S/C24H25N5/c1-2-7-19(8-3-1)23-24(29(18-26-23)21-11-14-25-15-12-21)22-10-5-4-9-20(22)17-28-16-6-13-27-28/h1-10,13,16,18,21,25H,11-12,14-15,17H2. The van der Waals surface area contributed by atoms with Gasteiger partial charge in [-0.1, -0.05) is 54.6 Å². The lowest BCUT2D eigenvalue weighted by molar-refractivity contribution is 0.370. The Morgan fingerprint density at radius 2 is 1.72 bits per heavy atom. The first-order valence-electron chi connectivity index (χ1n) is 10.3. The molecule has 0 saturated carbocycles. The van der Waals surface area contributed by atoms with Crippen molar-refractivity contribution in [2.45, 2.75) is 25.4 Å². The molecule has 0 atom stereocenters. The van der Waals surface area contributed by atoms with Gasteiger partial charge < -0.3 is 9.88 Å². The molecule has 2 aromatic heterocycles. The van der Waals surface area contributed by atoms with Crippen LogP contribution in [0.5, 0.6) is 0 Å². The Morgan fingerprint density at radius 1 is 0.931 bits per heavy atom. The molecule has 5 rings (SSSR count). The molecule has 0 amide bonds. The van der Waals surface area contributed by atoms with Crippen LogP contribution in [0.2, 0.25) is 0 Å². The van der Waals surface area contributed by atoms with E-state index in [9.17, 15) is 0 Å². The minimum atomic E-state index is 0.467. The third-order valence-electron chi connectivity index (χ3n) is 5.71. The Morgan fingerprint density at radius 3 is 2.52 bits per heavy atom. The van der Waals surface area contributed by atoms with Gasteiger partial charge in [0.15, 0.2) is 0 Å². The fourth-order valence-electron chi connectivity index (χ4n) is 4.25. The Bertz CT molecular complexity index is 1060. The molecule has 5 nitrogen and oxygen atoms in total. The fraction of sp³-hybridized carbons (Fsp3) is 0.250. The number of imidazole rings is 1. The number of hydrogen-bond acceptors (Lipinski definition) is 3. The van der Waals surface area contributed by atoms with Crippen molar-refractivity contribution in [1.82, 2.24) is 24.6 Å². The molecule has 0 unspecified atom stereocenters. The van der Waals surface area contributed by atoms with Crippen molar-refractivity contribution in [3.63, 3.8) is 0 Å². The summed E-state index contributed by atoms with van der Waals surface area (Å²) in [5.74, 6) is 0. The van der Waals surface area contributed by atoms with Crippen LogP contribution in [-0.4, -0.2) is 32.4 Å². The van der Waals surface area contributed by atoms with Crippen LogP contribution in [0.4, 0.5) is 0 Å². The van der Waals surface area contributed by atoms with Crippen LogP contribution in [0.3, 0.4) is 0 Å². The summed E-state index contributed by atoms with van der Waals surface area (Å²) in [7, 11) is 0. The van der Waals surface area contributed by atoms with Gasteiger partial charge in [0, 0.05) is 29.6 Å². The second kappa shape index (κ2) is 8.05. The lowest BCUT2D eigenvalue weighted by Gasteiger charge is -2.26. The minimum absolute atomic E-state index is 0.467. The molecule has 4 aromatic rings. The van der Waals surface area contributed by atoms with E-state index < -0.39 is 0 Å². The van der Waals surface area contributed by atoms with E-state index in [0.717, 1.165) is 43.7 Å². The summed E-state index contributed by atoms with van der Waals surface area (Å²) in [5, 5.41) is 7.89. The van der Waals surface area contributed by atoms with Gasteiger partial charge in [-0.3, -0.25) is 4.68 Å². The fourth-order valence-corrected chi connectivity index (χ4v) is 4.25. The summed E-state index contributed by atoms with van der Waals surface area (Å²) >= 11 is 0. The molecule has 29 heavy (non-hydrogen) atoms. The van der Waals surface area contributed by atoms with E-state index >= 15 is 0 Å². The van der Waals surface area contributed by atoms with Crippen LogP contribution in [-0.2, 0) is 6.54 Å². The zero-order valence-corrected chi connectivity index (χ0v) is 16.4. The SMILES string of the molecule is c1ccc(-c2ncn(C3CCNCC3)c2-c2ccccc2Cn2cccn2)cc1. The second-order valence-electron chi connectivity index (χ2n) is 7.56. The molecule has 0 radical (unpaired) electrons. The van der Waals surface area contributed by atoms with Crippen molar-refractivity contribution in [2.75, 3.05) is 13.1 Å². The topological polar surface area (TPSA) is 47.7 Å². The molecule has 0 aliphatic carbocycles. The largest absolute Gasteiger partial charge is 0.327 e. The normalized spacial score (nSPS) is 14.9. The average Bonchev–Trinajstić information content (AvgIpc) is 3.45. The van der Waals surface area contributed by atoms with Crippen molar-refractivity contribution < 1.29 is 0 Å². The predicted molar refractivity (Wildman–Crippen MR) is 116 cm³/mol. The van der Waals surface area contributed by atoms with E-state index in [-0.39, 0.29) is 0 Å². The zero-order chi connectivity index (χ0) is 19.5. The van der Waals surface area contributed by atoms with E-state index in [1.165, 1.54) is 16.8 Å². The first-order chi connectivity index (χ1) is 14.4. The van der Waals surface area contributed by atoms with Gasteiger partial charge in [-0.05, 0) is 37.6 Å². The predicted octanol–water partition coefficient (Wildman–Crippen LogP) is 4.39. The number of nitrogens with one attached hydrogen (secondary N) is 1. The third-order valence-corrected chi connectivity index (χ3v) is 5.71. The molecule has 3 heterocycles. The van der Waals surface area contributed by atoms with E-state index in [1.807, 2.05) is 29.5 Å². The summed E-state index contributed by atoms with van der Waals surface area (Å²) in [6, 6.07) is 21.6. The number of rotatable bonds is 5. The smallest absolute Gasteiger partial charge is 0.0963 e.